The van der Waals surface area contributed by atoms with Crippen LogP contribution in [0, 0.1) is 6.92 Å². The predicted octanol–water partition coefficient (Wildman–Crippen LogP) is 1.17. The summed E-state index contributed by atoms with van der Waals surface area (Å²) >= 11 is 0. The van der Waals surface area contributed by atoms with E-state index in [-0.39, 0.29) is 11.8 Å². The van der Waals surface area contributed by atoms with Crippen LogP contribution in [0.5, 0.6) is 0 Å². The average Bonchev–Trinajstić information content (AvgIpc) is 2.24. The average molecular weight is 206 g/mol. The van der Waals surface area contributed by atoms with E-state index in [2.05, 4.69) is 5.32 Å². The molecule has 0 radical (unpaired) electrons. The molecule has 0 fully saturated rings. The first-order valence-electron chi connectivity index (χ1n) is 5.19. The molecule has 3 N–H and O–H groups in total. The van der Waals surface area contributed by atoms with Crippen molar-refractivity contribution in [2.75, 3.05) is 13.1 Å². The zero-order valence-electron chi connectivity index (χ0n) is 9.29. The molecule has 1 aromatic rings. The fourth-order valence-corrected chi connectivity index (χ4v) is 1.44. The second-order valence-electron chi connectivity index (χ2n) is 3.72. The van der Waals surface area contributed by atoms with Gasteiger partial charge in [0.05, 0.1) is 5.92 Å². The molecular weight excluding hydrogens is 188 g/mol. The Morgan fingerprint density at radius 3 is 2.87 bits per heavy atom. The lowest BCUT2D eigenvalue weighted by atomic mass is 9.99. The highest BCUT2D eigenvalue weighted by atomic mass is 16.1. The fraction of sp³-hybridized carbons (Fsp3) is 0.417. The smallest absolute Gasteiger partial charge is 0.227 e. The normalized spacial score (nSPS) is 12.2. The van der Waals surface area contributed by atoms with Crippen molar-refractivity contribution in [3.8, 4) is 0 Å². The largest absolute Gasteiger partial charge is 0.354 e. The first-order valence-corrected chi connectivity index (χ1v) is 5.19. The Balaban J connectivity index is 2.67. The monoisotopic (exact) mass is 206 g/mol. The third-order valence-electron chi connectivity index (χ3n) is 2.38. The Hall–Kier alpha value is -1.35. The topological polar surface area (TPSA) is 55.1 Å². The number of hydrogen-bond acceptors (Lipinski definition) is 2. The van der Waals surface area contributed by atoms with Gasteiger partial charge in [-0.05, 0) is 19.4 Å². The van der Waals surface area contributed by atoms with E-state index in [1.54, 1.807) is 0 Å². The summed E-state index contributed by atoms with van der Waals surface area (Å²) in [6.45, 7) is 4.94. The highest BCUT2D eigenvalue weighted by Gasteiger charge is 2.13. The van der Waals surface area contributed by atoms with Gasteiger partial charge in [-0.15, -0.1) is 0 Å². The summed E-state index contributed by atoms with van der Waals surface area (Å²) in [6.07, 6.45) is 0. The maximum atomic E-state index is 11.6. The molecule has 1 unspecified atom stereocenters. The van der Waals surface area contributed by atoms with E-state index < -0.39 is 0 Å². The molecule has 3 nitrogen and oxygen atoms in total. The predicted molar refractivity (Wildman–Crippen MR) is 61.7 cm³/mol. The standard InChI is InChI=1S/C12H18N2O/c1-9-4-3-5-11(8-9)10(2)12(15)14-7-6-13/h3-5,8,10H,6-7,13H2,1-2H3,(H,14,15). The van der Waals surface area contributed by atoms with Crippen molar-refractivity contribution in [3.63, 3.8) is 0 Å². The van der Waals surface area contributed by atoms with E-state index in [1.807, 2.05) is 38.1 Å². The van der Waals surface area contributed by atoms with Crippen LogP contribution in [0.3, 0.4) is 0 Å². The SMILES string of the molecule is Cc1cccc(C(C)C(=O)NCCN)c1. The van der Waals surface area contributed by atoms with Gasteiger partial charge in [-0.3, -0.25) is 4.79 Å². The van der Waals surface area contributed by atoms with E-state index in [1.165, 1.54) is 5.56 Å². The van der Waals surface area contributed by atoms with Gasteiger partial charge in [0.25, 0.3) is 0 Å². The van der Waals surface area contributed by atoms with Crippen molar-refractivity contribution < 1.29 is 4.79 Å². The number of nitrogens with two attached hydrogens (primary N) is 1. The van der Waals surface area contributed by atoms with Crippen LogP contribution in [0.25, 0.3) is 0 Å². The van der Waals surface area contributed by atoms with Gasteiger partial charge >= 0.3 is 0 Å². The molecule has 0 heterocycles. The third kappa shape index (κ3) is 3.36. The van der Waals surface area contributed by atoms with E-state index in [0.717, 1.165) is 5.56 Å². The molecule has 0 saturated heterocycles. The second-order valence-corrected chi connectivity index (χ2v) is 3.72. The number of carbonyl (C=O) groups is 1. The summed E-state index contributed by atoms with van der Waals surface area (Å²) in [5.41, 5.74) is 7.54. The minimum absolute atomic E-state index is 0.0334. The van der Waals surface area contributed by atoms with Crippen molar-refractivity contribution in [3.05, 3.63) is 35.4 Å². The Kier molecular flexibility index (Phi) is 4.31. The highest BCUT2D eigenvalue weighted by molar-refractivity contribution is 5.83. The number of nitrogens with one attached hydrogen (secondary N) is 1. The van der Waals surface area contributed by atoms with Crippen LogP contribution in [0.1, 0.15) is 24.0 Å². The first kappa shape index (κ1) is 11.7. The maximum Gasteiger partial charge on any atom is 0.227 e. The lowest BCUT2D eigenvalue weighted by molar-refractivity contribution is -0.122. The summed E-state index contributed by atoms with van der Waals surface area (Å²) in [5.74, 6) is -0.0810. The lowest BCUT2D eigenvalue weighted by Gasteiger charge is -2.12. The Bertz CT molecular complexity index is 336. The summed E-state index contributed by atoms with van der Waals surface area (Å²) in [5, 5.41) is 2.79. The van der Waals surface area contributed by atoms with Crippen LogP contribution in [-0.2, 0) is 4.79 Å². The molecule has 3 heteroatoms. The van der Waals surface area contributed by atoms with Gasteiger partial charge in [-0.2, -0.15) is 0 Å². The molecule has 1 amide bonds. The summed E-state index contributed by atoms with van der Waals surface area (Å²) < 4.78 is 0. The molecule has 1 atom stereocenters. The summed E-state index contributed by atoms with van der Waals surface area (Å²) in [6, 6.07) is 8.00. The van der Waals surface area contributed by atoms with Crippen LogP contribution >= 0.6 is 0 Å². The molecule has 0 aliphatic rings. The van der Waals surface area contributed by atoms with Gasteiger partial charge in [0.1, 0.15) is 0 Å². The highest BCUT2D eigenvalue weighted by Crippen LogP contribution is 2.16. The fourth-order valence-electron chi connectivity index (χ4n) is 1.44. The van der Waals surface area contributed by atoms with E-state index in [4.69, 9.17) is 5.73 Å². The molecular formula is C12H18N2O. The number of benzene rings is 1. The van der Waals surface area contributed by atoms with Gasteiger partial charge in [-0.25, -0.2) is 0 Å². The summed E-state index contributed by atoms with van der Waals surface area (Å²) in [4.78, 5) is 11.6. The van der Waals surface area contributed by atoms with Crippen molar-refractivity contribution >= 4 is 5.91 Å². The number of amides is 1. The minimum Gasteiger partial charge on any atom is -0.354 e. The number of aryl methyl sites for hydroxylation is 1. The Labute approximate surface area is 90.7 Å². The van der Waals surface area contributed by atoms with E-state index >= 15 is 0 Å². The van der Waals surface area contributed by atoms with Gasteiger partial charge in [0.2, 0.25) is 5.91 Å². The second kappa shape index (κ2) is 5.51. The lowest BCUT2D eigenvalue weighted by Crippen LogP contribution is -2.32. The van der Waals surface area contributed by atoms with Gasteiger partial charge < -0.3 is 11.1 Å². The molecule has 1 aromatic carbocycles. The Morgan fingerprint density at radius 2 is 2.27 bits per heavy atom. The molecule has 0 saturated carbocycles. The molecule has 15 heavy (non-hydrogen) atoms. The van der Waals surface area contributed by atoms with Crippen LogP contribution in [-0.4, -0.2) is 19.0 Å². The Morgan fingerprint density at radius 1 is 1.53 bits per heavy atom. The van der Waals surface area contributed by atoms with Crippen LogP contribution in [0.4, 0.5) is 0 Å². The minimum atomic E-state index is -0.114. The van der Waals surface area contributed by atoms with Gasteiger partial charge in [0.15, 0.2) is 0 Å². The molecule has 82 valence electrons. The molecule has 0 aromatic heterocycles. The summed E-state index contributed by atoms with van der Waals surface area (Å²) in [7, 11) is 0. The van der Waals surface area contributed by atoms with Crippen LogP contribution < -0.4 is 11.1 Å². The van der Waals surface area contributed by atoms with Crippen molar-refractivity contribution in [2.24, 2.45) is 5.73 Å². The third-order valence-corrected chi connectivity index (χ3v) is 2.38. The van der Waals surface area contributed by atoms with Gasteiger partial charge in [0, 0.05) is 13.1 Å². The van der Waals surface area contributed by atoms with Gasteiger partial charge in [-0.1, -0.05) is 29.8 Å². The molecule has 1 rings (SSSR count). The van der Waals surface area contributed by atoms with Crippen molar-refractivity contribution in [2.45, 2.75) is 19.8 Å². The number of hydrogen-bond donors (Lipinski definition) is 2. The van der Waals surface area contributed by atoms with Crippen LogP contribution in [0.2, 0.25) is 0 Å². The quantitative estimate of drug-likeness (QED) is 0.777. The number of rotatable bonds is 4. The first-order chi connectivity index (χ1) is 7.15. The zero-order valence-corrected chi connectivity index (χ0v) is 9.29. The number of carbonyl (C=O) groups excluding carboxylic acids is 1. The molecule has 0 aliphatic carbocycles. The zero-order chi connectivity index (χ0) is 11.3. The van der Waals surface area contributed by atoms with E-state index in [9.17, 15) is 4.79 Å². The molecule has 0 spiro atoms. The molecule has 0 aliphatic heterocycles. The van der Waals surface area contributed by atoms with Crippen molar-refractivity contribution in [1.29, 1.82) is 0 Å². The van der Waals surface area contributed by atoms with Crippen LogP contribution in [0.15, 0.2) is 24.3 Å². The van der Waals surface area contributed by atoms with E-state index in [0.29, 0.717) is 13.1 Å². The molecule has 0 bridgehead atoms. The maximum absolute atomic E-state index is 11.6. The van der Waals surface area contributed by atoms with Crippen molar-refractivity contribution in [1.82, 2.24) is 5.32 Å².